The summed E-state index contributed by atoms with van der Waals surface area (Å²) in [6.45, 7) is 2.50. The van der Waals surface area contributed by atoms with Crippen LogP contribution in [0.1, 0.15) is 6.92 Å². The molecule has 5 heteroatoms. The van der Waals surface area contributed by atoms with E-state index in [1.165, 1.54) is 0 Å². The van der Waals surface area contributed by atoms with Crippen LogP contribution in [-0.4, -0.2) is 16.5 Å². The minimum absolute atomic E-state index is 0.236. The molecular formula is C10H13Cl2NOS. The fourth-order valence-electron chi connectivity index (χ4n) is 1.04. The molecule has 0 heterocycles. The van der Waals surface area contributed by atoms with Crippen LogP contribution in [-0.2, 0) is 10.8 Å². The molecule has 0 aliphatic carbocycles. The van der Waals surface area contributed by atoms with Gasteiger partial charge in [0.2, 0.25) is 0 Å². The van der Waals surface area contributed by atoms with Crippen molar-refractivity contribution >= 4 is 34.0 Å². The minimum Gasteiger partial charge on any atom is -0.330 e. The standard InChI is InChI=1S/C10H13Cl2NOS/c1-7(5-13)6-15(14)8-2-3-9(11)10(12)4-8/h2-4,7H,5-6,13H2,1H3. The molecular weight excluding hydrogens is 253 g/mol. The molecule has 2 N–H and O–H groups in total. The number of rotatable bonds is 4. The topological polar surface area (TPSA) is 43.1 Å². The van der Waals surface area contributed by atoms with Crippen molar-refractivity contribution in [2.75, 3.05) is 12.3 Å². The lowest BCUT2D eigenvalue weighted by Gasteiger charge is -2.08. The van der Waals surface area contributed by atoms with E-state index in [9.17, 15) is 4.21 Å². The van der Waals surface area contributed by atoms with Gasteiger partial charge in [-0.25, -0.2) is 0 Å². The van der Waals surface area contributed by atoms with E-state index in [0.717, 1.165) is 0 Å². The summed E-state index contributed by atoms with van der Waals surface area (Å²) in [7, 11) is -1.06. The van der Waals surface area contributed by atoms with Crippen molar-refractivity contribution in [2.24, 2.45) is 11.7 Å². The number of hydrogen-bond donors (Lipinski definition) is 1. The molecule has 1 aromatic rings. The van der Waals surface area contributed by atoms with Gasteiger partial charge in [0.1, 0.15) is 0 Å². The molecule has 0 amide bonds. The maximum absolute atomic E-state index is 11.8. The van der Waals surface area contributed by atoms with Crippen molar-refractivity contribution < 1.29 is 4.21 Å². The van der Waals surface area contributed by atoms with Gasteiger partial charge in [-0.15, -0.1) is 0 Å². The van der Waals surface area contributed by atoms with Crippen LogP contribution in [0.4, 0.5) is 0 Å². The van der Waals surface area contributed by atoms with Crippen molar-refractivity contribution in [2.45, 2.75) is 11.8 Å². The van der Waals surface area contributed by atoms with Gasteiger partial charge in [0.15, 0.2) is 0 Å². The van der Waals surface area contributed by atoms with Crippen LogP contribution >= 0.6 is 23.2 Å². The quantitative estimate of drug-likeness (QED) is 0.910. The maximum atomic E-state index is 11.8. The van der Waals surface area contributed by atoms with Crippen LogP contribution in [0, 0.1) is 5.92 Å². The van der Waals surface area contributed by atoms with E-state index in [1.54, 1.807) is 18.2 Å². The third-order valence-electron chi connectivity index (χ3n) is 1.99. The first-order valence-electron chi connectivity index (χ1n) is 4.58. The molecule has 0 bridgehead atoms. The Morgan fingerprint density at radius 3 is 2.60 bits per heavy atom. The summed E-state index contributed by atoms with van der Waals surface area (Å²) in [5, 5.41) is 0.909. The second-order valence-corrected chi connectivity index (χ2v) is 5.74. The number of benzene rings is 1. The van der Waals surface area contributed by atoms with Crippen LogP contribution < -0.4 is 5.73 Å². The van der Waals surface area contributed by atoms with Crippen LogP contribution in [0.3, 0.4) is 0 Å². The molecule has 0 aromatic heterocycles. The molecule has 84 valence electrons. The predicted molar refractivity (Wildman–Crippen MR) is 66.0 cm³/mol. The van der Waals surface area contributed by atoms with Gasteiger partial charge >= 0.3 is 0 Å². The average Bonchev–Trinajstić information content (AvgIpc) is 2.21. The molecule has 0 fully saturated rings. The van der Waals surface area contributed by atoms with E-state index < -0.39 is 10.8 Å². The molecule has 1 rings (SSSR count). The average molecular weight is 266 g/mol. The highest BCUT2D eigenvalue weighted by atomic mass is 35.5. The first-order valence-corrected chi connectivity index (χ1v) is 6.65. The molecule has 1 aromatic carbocycles. The summed E-state index contributed by atoms with van der Waals surface area (Å²) >= 11 is 11.6. The Kier molecular flexibility index (Phi) is 5.06. The van der Waals surface area contributed by atoms with Gasteiger partial charge < -0.3 is 5.73 Å². The first kappa shape index (κ1) is 13.0. The first-order chi connectivity index (χ1) is 7.04. The van der Waals surface area contributed by atoms with Crippen LogP contribution in [0.2, 0.25) is 10.0 Å². The van der Waals surface area contributed by atoms with Gasteiger partial charge in [0, 0.05) is 10.6 Å². The third-order valence-corrected chi connectivity index (χ3v) is 4.38. The summed E-state index contributed by atoms with van der Waals surface area (Å²) in [6, 6.07) is 5.03. The maximum Gasteiger partial charge on any atom is 0.0604 e. The minimum atomic E-state index is -1.06. The van der Waals surface area contributed by atoms with Gasteiger partial charge in [-0.1, -0.05) is 30.1 Å². The van der Waals surface area contributed by atoms with Crippen molar-refractivity contribution in [3.8, 4) is 0 Å². The van der Waals surface area contributed by atoms with Crippen molar-refractivity contribution in [3.05, 3.63) is 28.2 Å². The predicted octanol–water partition coefficient (Wildman–Crippen LogP) is 2.70. The van der Waals surface area contributed by atoms with E-state index in [2.05, 4.69) is 0 Å². The molecule has 2 unspecified atom stereocenters. The number of nitrogens with two attached hydrogens (primary N) is 1. The Labute approximate surface area is 102 Å². The summed E-state index contributed by atoms with van der Waals surface area (Å²) in [5.41, 5.74) is 5.47. The normalized spacial score (nSPS) is 14.9. The SMILES string of the molecule is CC(CN)CS(=O)c1ccc(Cl)c(Cl)c1. The lowest BCUT2D eigenvalue weighted by atomic mass is 10.2. The molecule has 15 heavy (non-hydrogen) atoms. The highest BCUT2D eigenvalue weighted by Crippen LogP contribution is 2.24. The van der Waals surface area contributed by atoms with E-state index in [-0.39, 0.29) is 5.92 Å². The molecule has 0 spiro atoms. The Bertz CT molecular complexity index is 370. The van der Waals surface area contributed by atoms with E-state index >= 15 is 0 Å². The Morgan fingerprint density at radius 1 is 1.40 bits per heavy atom. The summed E-state index contributed by atoms with van der Waals surface area (Å²) in [5.74, 6) is 0.786. The van der Waals surface area contributed by atoms with Gasteiger partial charge in [0.05, 0.1) is 20.8 Å². The lowest BCUT2D eigenvalue weighted by molar-refractivity contribution is 0.641. The molecule has 0 saturated heterocycles. The van der Waals surface area contributed by atoms with Crippen molar-refractivity contribution in [1.29, 1.82) is 0 Å². The monoisotopic (exact) mass is 265 g/mol. The van der Waals surface area contributed by atoms with Gasteiger partial charge in [-0.3, -0.25) is 4.21 Å². The fraction of sp³-hybridized carbons (Fsp3) is 0.400. The van der Waals surface area contributed by atoms with Crippen LogP contribution in [0.5, 0.6) is 0 Å². The van der Waals surface area contributed by atoms with Crippen LogP contribution in [0.15, 0.2) is 23.1 Å². The Hall–Kier alpha value is -0.0900. The zero-order valence-corrected chi connectivity index (χ0v) is 10.7. The van der Waals surface area contributed by atoms with E-state index in [1.807, 2.05) is 6.92 Å². The Balaban J connectivity index is 2.78. The molecule has 2 atom stereocenters. The second-order valence-electron chi connectivity index (χ2n) is 3.43. The second kappa shape index (κ2) is 5.85. The van der Waals surface area contributed by atoms with E-state index in [4.69, 9.17) is 28.9 Å². The number of hydrogen-bond acceptors (Lipinski definition) is 2. The zero-order chi connectivity index (χ0) is 11.4. The van der Waals surface area contributed by atoms with Crippen molar-refractivity contribution in [1.82, 2.24) is 0 Å². The highest BCUT2D eigenvalue weighted by molar-refractivity contribution is 7.85. The molecule has 0 radical (unpaired) electrons. The highest BCUT2D eigenvalue weighted by Gasteiger charge is 2.10. The fourth-order valence-corrected chi connectivity index (χ4v) is 2.72. The third kappa shape index (κ3) is 3.76. The summed E-state index contributed by atoms with van der Waals surface area (Å²) < 4.78 is 11.8. The molecule has 0 aliphatic rings. The lowest BCUT2D eigenvalue weighted by Crippen LogP contribution is -2.17. The smallest absolute Gasteiger partial charge is 0.0604 e. The molecule has 2 nitrogen and oxygen atoms in total. The summed E-state index contributed by atoms with van der Waals surface area (Å²) in [6.07, 6.45) is 0. The summed E-state index contributed by atoms with van der Waals surface area (Å²) in [4.78, 5) is 0.699. The molecule has 0 saturated carbocycles. The zero-order valence-electron chi connectivity index (χ0n) is 8.37. The largest absolute Gasteiger partial charge is 0.330 e. The van der Waals surface area contributed by atoms with Gasteiger partial charge in [-0.05, 0) is 30.7 Å². The Morgan fingerprint density at radius 2 is 2.07 bits per heavy atom. The van der Waals surface area contributed by atoms with Crippen LogP contribution in [0.25, 0.3) is 0 Å². The van der Waals surface area contributed by atoms with Crippen molar-refractivity contribution in [3.63, 3.8) is 0 Å². The van der Waals surface area contributed by atoms with E-state index in [0.29, 0.717) is 27.2 Å². The molecule has 0 aliphatic heterocycles. The van der Waals surface area contributed by atoms with Gasteiger partial charge in [-0.2, -0.15) is 0 Å². The number of halogens is 2. The van der Waals surface area contributed by atoms with Gasteiger partial charge in [0.25, 0.3) is 0 Å².